The van der Waals surface area contributed by atoms with E-state index >= 15 is 0 Å². The number of hydrogen-bond acceptors (Lipinski definition) is 5. The molecule has 1 aromatic rings. The quantitative estimate of drug-likeness (QED) is 0.853. The third kappa shape index (κ3) is 3.93. The molecule has 1 aliphatic heterocycles. The third-order valence-electron chi connectivity index (χ3n) is 4.18. The lowest BCUT2D eigenvalue weighted by atomic mass is 9.81. The van der Waals surface area contributed by atoms with Crippen LogP contribution in [0, 0.1) is 5.41 Å². The van der Waals surface area contributed by atoms with Crippen LogP contribution >= 0.6 is 0 Å². The standard InChI is InChI=1S/C14H24N4O2S/c1-14(6-9-18(3)10-7-14)11-17-21(19,20)13-12(15-2)5-4-8-16-13/h4-5,8,15,17H,6-7,9-11H2,1-3H3. The minimum absolute atomic E-state index is 0.00810. The summed E-state index contributed by atoms with van der Waals surface area (Å²) >= 11 is 0. The van der Waals surface area contributed by atoms with E-state index < -0.39 is 10.0 Å². The fourth-order valence-corrected chi connectivity index (χ4v) is 3.80. The number of anilines is 1. The van der Waals surface area contributed by atoms with E-state index in [1.807, 2.05) is 0 Å². The van der Waals surface area contributed by atoms with E-state index in [0.29, 0.717) is 12.2 Å². The molecule has 0 saturated carbocycles. The van der Waals surface area contributed by atoms with Crippen molar-refractivity contribution in [2.75, 3.05) is 39.0 Å². The van der Waals surface area contributed by atoms with Crippen molar-refractivity contribution in [2.45, 2.75) is 24.8 Å². The molecule has 1 aromatic heterocycles. The van der Waals surface area contributed by atoms with Crippen molar-refractivity contribution >= 4 is 15.7 Å². The van der Waals surface area contributed by atoms with Crippen molar-refractivity contribution in [2.24, 2.45) is 5.41 Å². The number of hydrogen-bond donors (Lipinski definition) is 2. The molecule has 6 nitrogen and oxygen atoms in total. The molecular weight excluding hydrogens is 288 g/mol. The summed E-state index contributed by atoms with van der Waals surface area (Å²) in [6.45, 7) is 4.59. The highest BCUT2D eigenvalue weighted by molar-refractivity contribution is 7.89. The van der Waals surface area contributed by atoms with E-state index in [0.717, 1.165) is 25.9 Å². The molecule has 21 heavy (non-hydrogen) atoms. The van der Waals surface area contributed by atoms with E-state index in [4.69, 9.17) is 0 Å². The van der Waals surface area contributed by atoms with Crippen LogP contribution in [0.15, 0.2) is 23.4 Å². The predicted molar refractivity (Wildman–Crippen MR) is 83.8 cm³/mol. The molecule has 2 N–H and O–H groups in total. The maximum absolute atomic E-state index is 12.4. The summed E-state index contributed by atoms with van der Waals surface area (Å²) in [6, 6.07) is 3.42. The summed E-state index contributed by atoms with van der Waals surface area (Å²) in [5.41, 5.74) is 0.521. The van der Waals surface area contributed by atoms with Crippen LogP contribution in [-0.4, -0.2) is 52.0 Å². The van der Waals surface area contributed by atoms with Gasteiger partial charge < -0.3 is 10.2 Å². The van der Waals surface area contributed by atoms with Gasteiger partial charge in [0, 0.05) is 19.8 Å². The average Bonchev–Trinajstić information content (AvgIpc) is 2.49. The zero-order valence-corrected chi connectivity index (χ0v) is 13.7. The van der Waals surface area contributed by atoms with Crippen LogP contribution in [0.2, 0.25) is 0 Å². The summed E-state index contributed by atoms with van der Waals surface area (Å²) < 4.78 is 27.6. The largest absolute Gasteiger partial charge is 0.386 e. The number of nitrogens with one attached hydrogen (secondary N) is 2. The number of rotatable bonds is 5. The second kappa shape index (κ2) is 6.29. The van der Waals surface area contributed by atoms with Crippen molar-refractivity contribution < 1.29 is 8.42 Å². The number of likely N-dealkylation sites (tertiary alicyclic amines) is 1. The molecule has 0 bridgehead atoms. The highest BCUT2D eigenvalue weighted by Gasteiger charge is 2.31. The monoisotopic (exact) mass is 312 g/mol. The van der Waals surface area contributed by atoms with E-state index in [9.17, 15) is 8.42 Å². The second-order valence-electron chi connectivity index (χ2n) is 6.04. The molecule has 1 saturated heterocycles. The first-order valence-corrected chi connectivity index (χ1v) is 8.66. The number of pyridine rings is 1. The van der Waals surface area contributed by atoms with Crippen LogP contribution < -0.4 is 10.0 Å². The Balaban J connectivity index is 2.08. The van der Waals surface area contributed by atoms with E-state index in [1.165, 1.54) is 6.20 Å². The van der Waals surface area contributed by atoms with Gasteiger partial charge in [-0.2, -0.15) is 0 Å². The lowest BCUT2D eigenvalue weighted by Crippen LogP contribution is -2.43. The van der Waals surface area contributed by atoms with Gasteiger partial charge in [0.25, 0.3) is 10.0 Å². The van der Waals surface area contributed by atoms with Crippen LogP contribution in [0.4, 0.5) is 5.69 Å². The summed E-state index contributed by atoms with van der Waals surface area (Å²) in [4.78, 5) is 6.27. The maximum atomic E-state index is 12.4. The minimum atomic E-state index is -3.59. The first kappa shape index (κ1) is 16.2. The van der Waals surface area contributed by atoms with Crippen molar-refractivity contribution in [1.82, 2.24) is 14.6 Å². The molecule has 0 radical (unpaired) electrons. The normalized spacial score (nSPS) is 19.4. The van der Waals surface area contributed by atoms with Crippen molar-refractivity contribution in [3.8, 4) is 0 Å². The molecule has 0 unspecified atom stereocenters. The van der Waals surface area contributed by atoms with Gasteiger partial charge in [-0.15, -0.1) is 0 Å². The van der Waals surface area contributed by atoms with Gasteiger partial charge in [-0.3, -0.25) is 0 Å². The van der Waals surface area contributed by atoms with Gasteiger partial charge in [0.05, 0.1) is 5.69 Å². The van der Waals surface area contributed by atoms with Gasteiger partial charge in [-0.25, -0.2) is 18.1 Å². The Bertz CT molecular complexity index is 580. The number of sulfonamides is 1. The van der Waals surface area contributed by atoms with Gasteiger partial charge in [0.1, 0.15) is 0 Å². The highest BCUT2D eigenvalue weighted by atomic mass is 32.2. The van der Waals surface area contributed by atoms with Crippen LogP contribution in [0.1, 0.15) is 19.8 Å². The van der Waals surface area contributed by atoms with Crippen LogP contribution in [0.25, 0.3) is 0 Å². The number of nitrogens with zero attached hydrogens (tertiary/aromatic N) is 2. The van der Waals surface area contributed by atoms with Gasteiger partial charge >= 0.3 is 0 Å². The predicted octanol–water partition coefficient (Wildman–Crippen LogP) is 1.13. The molecule has 0 atom stereocenters. The van der Waals surface area contributed by atoms with Crippen LogP contribution in [0.3, 0.4) is 0 Å². The molecule has 118 valence electrons. The second-order valence-corrected chi connectivity index (χ2v) is 7.73. The molecule has 7 heteroatoms. The lowest BCUT2D eigenvalue weighted by Gasteiger charge is -2.37. The van der Waals surface area contributed by atoms with Gasteiger partial charge in [-0.1, -0.05) is 6.92 Å². The lowest BCUT2D eigenvalue weighted by molar-refractivity contribution is 0.143. The molecule has 1 fully saturated rings. The average molecular weight is 312 g/mol. The topological polar surface area (TPSA) is 74.3 Å². The van der Waals surface area contributed by atoms with E-state index in [2.05, 4.69) is 33.9 Å². The SMILES string of the molecule is CNc1cccnc1S(=O)(=O)NCC1(C)CCN(C)CC1. The first-order chi connectivity index (χ1) is 9.86. The first-order valence-electron chi connectivity index (χ1n) is 7.17. The van der Waals surface area contributed by atoms with Crippen molar-refractivity contribution in [3.05, 3.63) is 18.3 Å². The molecule has 1 aliphatic rings. The Morgan fingerprint density at radius 2 is 2.05 bits per heavy atom. The fourth-order valence-electron chi connectivity index (χ4n) is 2.47. The minimum Gasteiger partial charge on any atom is -0.386 e. The Labute approximate surface area is 127 Å². The summed E-state index contributed by atoms with van der Waals surface area (Å²) in [5, 5.41) is 2.93. The Kier molecular flexibility index (Phi) is 4.85. The number of aromatic nitrogens is 1. The summed E-state index contributed by atoms with van der Waals surface area (Å²) in [6.07, 6.45) is 3.48. The molecule has 2 heterocycles. The molecular formula is C14H24N4O2S. The zero-order chi connectivity index (χ0) is 15.5. The van der Waals surface area contributed by atoms with Crippen molar-refractivity contribution in [1.29, 1.82) is 0 Å². The van der Waals surface area contributed by atoms with E-state index in [-0.39, 0.29) is 10.4 Å². The highest BCUT2D eigenvalue weighted by Crippen LogP contribution is 2.30. The molecule has 0 spiro atoms. The van der Waals surface area contributed by atoms with Crippen molar-refractivity contribution in [3.63, 3.8) is 0 Å². The summed E-state index contributed by atoms with van der Waals surface area (Å²) in [5.74, 6) is 0. The third-order valence-corrected chi connectivity index (χ3v) is 5.54. The molecule has 0 aromatic carbocycles. The van der Waals surface area contributed by atoms with Gasteiger partial charge in [-0.05, 0) is 50.5 Å². The molecule has 2 rings (SSSR count). The van der Waals surface area contributed by atoms with Gasteiger partial charge in [0.15, 0.2) is 5.03 Å². The van der Waals surface area contributed by atoms with E-state index in [1.54, 1.807) is 19.2 Å². The summed E-state index contributed by atoms with van der Waals surface area (Å²) in [7, 11) is 0.192. The number of piperidine rings is 1. The molecule has 0 amide bonds. The smallest absolute Gasteiger partial charge is 0.260 e. The maximum Gasteiger partial charge on any atom is 0.260 e. The fraction of sp³-hybridized carbons (Fsp3) is 0.643. The zero-order valence-electron chi connectivity index (χ0n) is 12.9. The van der Waals surface area contributed by atoms with Crippen LogP contribution in [-0.2, 0) is 10.0 Å². The Morgan fingerprint density at radius 1 is 1.38 bits per heavy atom. The molecule has 0 aliphatic carbocycles. The Morgan fingerprint density at radius 3 is 2.67 bits per heavy atom. The Hall–Kier alpha value is -1.18. The van der Waals surface area contributed by atoms with Crippen LogP contribution in [0.5, 0.6) is 0 Å². The van der Waals surface area contributed by atoms with Gasteiger partial charge in [0.2, 0.25) is 0 Å².